The first-order valence-electron chi connectivity index (χ1n) is 24.3. The van der Waals surface area contributed by atoms with Gasteiger partial charge >= 0.3 is 0 Å². The Hall–Kier alpha value is -9.31. The van der Waals surface area contributed by atoms with Crippen molar-refractivity contribution in [1.82, 2.24) is 15.0 Å². The van der Waals surface area contributed by atoms with Crippen LogP contribution < -0.4 is 0 Å². The Balaban J connectivity index is 0.988. The number of rotatable bonds is 8. The Morgan fingerprint density at radius 1 is 0.239 bits per heavy atom. The van der Waals surface area contributed by atoms with E-state index in [2.05, 4.69) is 255 Å². The van der Waals surface area contributed by atoms with Crippen LogP contribution in [-0.2, 0) is 5.41 Å². The molecule has 3 heteroatoms. The van der Waals surface area contributed by atoms with E-state index in [0.29, 0.717) is 17.5 Å². The fourth-order valence-corrected chi connectivity index (χ4v) is 11.5. The molecule has 330 valence electrons. The van der Waals surface area contributed by atoms with E-state index in [9.17, 15) is 0 Å². The lowest BCUT2D eigenvalue weighted by molar-refractivity contribution is 0.769. The number of nitrogens with zero attached hydrogens (tertiary/aromatic N) is 3. The van der Waals surface area contributed by atoms with Crippen molar-refractivity contribution in [3.63, 3.8) is 0 Å². The third kappa shape index (κ3) is 6.55. The van der Waals surface area contributed by atoms with Crippen molar-refractivity contribution < 1.29 is 0 Å². The van der Waals surface area contributed by atoms with E-state index in [-0.39, 0.29) is 0 Å². The molecule has 0 N–H and O–H groups in total. The smallest absolute Gasteiger partial charge is 0.164 e. The van der Waals surface area contributed by atoms with Gasteiger partial charge in [0.2, 0.25) is 0 Å². The van der Waals surface area contributed by atoms with Crippen molar-refractivity contribution in [2.24, 2.45) is 0 Å². The monoisotopic (exact) mass is 901 g/mol. The number of hydrogen-bond donors (Lipinski definition) is 0. The van der Waals surface area contributed by atoms with E-state index in [1.165, 1.54) is 76.8 Å². The topological polar surface area (TPSA) is 38.7 Å². The predicted octanol–water partition coefficient (Wildman–Crippen LogP) is 17.1. The minimum atomic E-state index is -0.672. The average molecular weight is 902 g/mol. The van der Waals surface area contributed by atoms with Gasteiger partial charge in [-0.3, -0.25) is 0 Å². The normalized spacial score (nSPS) is 12.6. The standard InChI is InChI=1S/C68H43N3/c1-5-16-44(17-6-1)45-28-32-50(33-29-45)65-69-66(71-67(70-65)60-27-14-13-26-55(60)46-18-7-2-8-19-46)52-37-40-58-57-39-36-51(56-38-34-49-31-30-47-20-15-21-48-35-41-59(56)64(49)63(47)48)42-61(57)68(62(58)43-52,53-22-9-3-10-23-53)54-24-11-4-12-25-54/h1-43H. The third-order valence-electron chi connectivity index (χ3n) is 14.8. The highest BCUT2D eigenvalue weighted by Gasteiger charge is 2.46. The van der Waals surface area contributed by atoms with E-state index in [0.717, 1.165) is 38.9 Å². The maximum atomic E-state index is 5.41. The molecule has 1 aliphatic rings. The van der Waals surface area contributed by atoms with Gasteiger partial charge in [-0.1, -0.05) is 249 Å². The molecular formula is C68H43N3. The van der Waals surface area contributed by atoms with Crippen LogP contribution in [0.15, 0.2) is 261 Å². The Morgan fingerprint density at radius 3 is 1.32 bits per heavy atom. The Bertz CT molecular complexity index is 4070. The molecule has 1 aliphatic carbocycles. The minimum Gasteiger partial charge on any atom is -0.208 e. The minimum absolute atomic E-state index is 0.614. The summed E-state index contributed by atoms with van der Waals surface area (Å²) in [5.74, 6) is 1.85. The molecule has 0 unspecified atom stereocenters. The number of hydrogen-bond acceptors (Lipinski definition) is 3. The van der Waals surface area contributed by atoms with E-state index >= 15 is 0 Å². The van der Waals surface area contributed by atoms with E-state index in [4.69, 9.17) is 15.0 Å². The van der Waals surface area contributed by atoms with Crippen molar-refractivity contribution in [2.45, 2.75) is 5.41 Å². The van der Waals surface area contributed by atoms with Crippen LogP contribution in [0.3, 0.4) is 0 Å². The Kier molecular flexibility index (Phi) is 9.43. The first-order chi connectivity index (χ1) is 35.2. The first kappa shape index (κ1) is 40.7. The largest absolute Gasteiger partial charge is 0.208 e. The van der Waals surface area contributed by atoms with Crippen molar-refractivity contribution in [3.05, 3.63) is 283 Å². The van der Waals surface area contributed by atoms with E-state index in [1.54, 1.807) is 0 Å². The Morgan fingerprint density at radius 2 is 0.676 bits per heavy atom. The van der Waals surface area contributed by atoms with E-state index < -0.39 is 5.41 Å². The molecule has 0 fully saturated rings. The van der Waals surface area contributed by atoms with Crippen LogP contribution in [0.2, 0.25) is 0 Å². The highest BCUT2D eigenvalue weighted by molar-refractivity contribution is 6.25. The molecule has 0 saturated carbocycles. The van der Waals surface area contributed by atoms with Crippen molar-refractivity contribution in [3.8, 4) is 78.7 Å². The molecule has 1 aromatic heterocycles. The zero-order chi connectivity index (χ0) is 46.9. The van der Waals surface area contributed by atoms with Crippen molar-refractivity contribution in [1.29, 1.82) is 0 Å². The maximum Gasteiger partial charge on any atom is 0.164 e. The molecule has 1 heterocycles. The summed E-state index contributed by atoms with van der Waals surface area (Å²) in [6.07, 6.45) is 0. The van der Waals surface area contributed by atoms with Crippen molar-refractivity contribution >= 4 is 32.3 Å². The van der Waals surface area contributed by atoms with Crippen LogP contribution >= 0.6 is 0 Å². The summed E-state index contributed by atoms with van der Waals surface area (Å²) in [5, 5.41) is 7.70. The lowest BCUT2D eigenvalue weighted by Crippen LogP contribution is -2.28. The fourth-order valence-electron chi connectivity index (χ4n) is 11.5. The van der Waals surface area contributed by atoms with Crippen LogP contribution in [-0.4, -0.2) is 15.0 Å². The summed E-state index contributed by atoms with van der Waals surface area (Å²) in [4.78, 5) is 16.1. The predicted molar refractivity (Wildman–Crippen MR) is 293 cm³/mol. The van der Waals surface area contributed by atoms with Gasteiger partial charge in [0.05, 0.1) is 5.41 Å². The van der Waals surface area contributed by atoms with Crippen LogP contribution in [0, 0.1) is 0 Å². The lowest BCUT2D eigenvalue weighted by atomic mass is 9.67. The highest BCUT2D eigenvalue weighted by atomic mass is 15.0. The van der Waals surface area contributed by atoms with Gasteiger partial charge in [-0.2, -0.15) is 0 Å². The van der Waals surface area contributed by atoms with Gasteiger partial charge in [-0.05, 0) is 111 Å². The molecule has 3 nitrogen and oxygen atoms in total. The molecule has 0 atom stereocenters. The summed E-state index contributed by atoms with van der Waals surface area (Å²) >= 11 is 0. The van der Waals surface area contributed by atoms with E-state index in [1.807, 2.05) is 6.07 Å². The van der Waals surface area contributed by atoms with Gasteiger partial charge in [-0.15, -0.1) is 0 Å². The summed E-state index contributed by atoms with van der Waals surface area (Å²) in [5.41, 5.74) is 16.2. The SMILES string of the molecule is c1ccc(-c2ccc(-c3nc(-c4ccc5c(c4)C(c4ccccc4)(c4ccccc4)c4cc(-c6ccc7ccc8cccc9ccc6c7c89)ccc4-5)nc(-c4ccccc4-c4ccccc4)n3)cc2)cc1. The highest BCUT2D eigenvalue weighted by Crippen LogP contribution is 2.58. The molecule has 13 aromatic rings. The molecular weight excluding hydrogens is 859 g/mol. The van der Waals surface area contributed by atoms with Crippen molar-refractivity contribution in [2.75, 3.05) is 0 Å². The number of fused-ring (bicyclic) bond motifs is 3. The molecule has 12 aromatic carbocycles. The first-order valence-corrected chi connectivity index (χ1v) is 24.3. The second-order valence-corrected chi connectivity index (χ2v) is 18.6. The van der Waals surface area contributed by atoms with Gasteiger partial charge < -0.3 is 0 Å². The molecule has 0 radical (unpaired) electrons. The summed E-state index contributed by atoms with van der Waals surface area (Å²) < 4.78 is 0. The van der Waals surface area contributed by atoms with Crippen LogP contribution in [0.4, 0.5) is 0 Å². The zero-order valence-electron chi connectivity index (χ0n) is 38.7. The van der Waals surface area contributed by atoms with Gasteiger partial charge in [0.25, 0.3) is 0 Å². The number of benzene rings is 12. The molecule has 14 rings (SSSR count). The molecule has 0 bridgehead atoms. The van der Waals surface area contributed by atoms with Gasteiger partial charge in [0.1, 0.15) is 0 Å². The second-order valence-electron chi connectivity index (χ2n) is 18.6. The quantitative estimate of drug-likeness (QED) is 0.143. The molecule has 0 aliphatic heterocycles. The average Bonchev–Trinajstić information content (AvgIpc) is 3.75. The van der Waals surface area contributed by atoms with Gasteiger partial charge in [0.15, 0.2) is 17.5 Å². The van der Waals surface area contributed by atoms with Crippen LogP contribution in [0.5, 0.6) is 0 Å². The second kappa shape index (κ2) is 16.4. The van der Waals surface area contributed by atoms with Gasteiger partial charge in [-0.25, -0.2) is 15.0 Å². The summed E-state index contributed by atoms with van der Waals surface area (Å²) in [6, 6.07) is 94.4. The van der Waals surface area contributed by atoms with Crippen LogP contribution in [0.1, 0.15) is 22.3 Å². The zero-order valence-corrected chi connectivity index (χ0v) is 38.7. The van der Waals surface area contributed by atoms with Crippen LogP contribution in [0.25, 0.3) is 111 Å². The number of aromatic nitrogens is 3. The molecule has 0 spiro atoms. The Labute approximate surface area is 412 Å². The summed E-state index contributed by atoms with van der Waals surface area (Å²) in [7, 11) is 0. The molecule has 0 amide bonds. The third-order valence-corrected chi connectivity index (χ3v) is 14.8. The molecule has 0 saturated heterocycles. The maximum absolute atomic E-state index is 5.41. The fraction of sp³-hybridized carbons (Fsp3) is 0.0147. The lowest BCUT2D eigenvalue weighted by Gasteiger charge is -2.34. The summed E-state index contributed by atoms with van der Waals surface area (Å²) in [6.45, 7) is 0. The molecule has 71 heavy (non-hydrogen) atoms. The van der Waals surface area contributed by atoms with Gasteiger partial charge in [0, 0.05) is 16.7 Å².